The van der Waals surface area contributed by atoms with Gasteiger partial charge in [-0.1, -0.05) is 50.3 Å². The van der Waals surface area contributed by atoms with E-state index < -0.39 is 6.10 Å². The second-order valence-electron chi connectivity index (χ2n) is 4.29. The fraction of sp³-hybridized carbons (Fsp3) is 0.385. The molecule has 1 rings (SSSR count). The predicted octanol–water partition coefficient (Wildman–Crippen LogP) is 3.32. The molecule has 0 radical (unpaired) electrons. The van der Waals surface area contributed by atoms with Crippen molar-refractivity contribution in [3.8, 4) is 0 Å². The smallest absolute Gasteiger partial charge is 0.0843 e. The number of aliphatic hydroxyl groups excluding tert-OH is 1. The summed E-state index contributed by atoms with van der Waals surface area (Å²) in [5.74, 6) is 0. The molecule has 0 amide bonds. The van der Waals surface area contributed by atoms with Crippen LogP contribution in [-0.4, -0.2) is 5.11 Å². The van der Waals surface area contributed by atoms with Crippen molar-refractivity contribution in [3.05, 3.63) is 48.6 Å². The maximum absolute atomic E-state index is 10.1. The van der Waals surface area contributed by atoms with E-state index in [0.717, 1.165) is 12.0 Å². The summed E-state index contributed by atoms with van der Waals surface area (Å²) in [6.07, 6.45) is 2.23. The molecular formula is C13H18O. The van der Waals surface area contributed by atoms with Crippen LogP contribution in [0.1, 0.15) is 31.9 Å². The number of allylic oxidation sites excluding steroid dienone is 1. The predicted molar refractivity (Wildman–Crippen MR) is 60.0 cm³/mol. The van der Waals surface area contributed by atoms with Gasteiger partial charge >= 0.3 is 0 Å². The van der Waals surface area contributed by atoms with Gasteiger partial charge in [-0.15, -0.1) is 6.58 Å². The van der Waals surface area contributed by atoms with Gasteiger partial charge in [0, 0.05) is 0 Å². The molecule has 1 atom stereocenters. The average molecular weight is 190 g/mol. The van der Waals surface area contributed by atoms with Crippen LogP contribution >= 0.6 is 0 Å². The lowest BCUT2D eigenvalue weighted by atomic mass is 9.80. The SMILES string of the molecule is C=CCC(C)(C)[C@@H](O)c1ccccc1. The van der Waals surface area contributed by atoms with Gasteiger partial charge in [-0.05, 0) is 17.4 Å². The average Bonchev–Trinajstić information content (AvgIpc) is 2.18. The van der Waals surface area contributed by atoms with Crippen molar-refractivity contribution in [1.29, 1.82) is 0 Å². The van der Waals surface area contributed by atoms with Crippen molar-refractivity contribution in [1.82, 2.24) is 0 Å². The zero-order chi connectivity index (χ0) is 10.6. The van der Waals surface area contributed by atoms with E-state index in [9.17, 15) is 5.11 Å². The van der Waals surface area contributed by atoms with E-state index in [1.165, 1.54) is 0 Å². The summed E-state index contributed by atoms with van der Waals surface area (Å²) < 4.78 is 0. The summed E-state index contributed by atoms with van der Waals surface area (Å²) in [6.45, 7) is 7.81. The maximum Gasteiger partial charge on any atom is 0.0843 e. The third-order valence-corrected chi connectivity index (χ3v) is 2.53. The van der Waals surface area contributed by atoms with Crippen molar-refractivity contribution >= 4 is 0 Å². The molecule has 0 heterocycles. The summed E-state index contributed by atoms with van der Waals surface area (Å²) in [4.78, 5) is 0. The zero-order valence-corrected chi connectivity index (χ0v) is 8.90. The van der Waals surface area contributed by atoms with Crippen molar-refractivity contribution in [2.24, 2.45) is 5.41 Å². The molecule has 0 saturated heterocycles. The molecular weight excluding hydrogens is 172 g/mol. The van der Waals surface area contributed by atoms with Gasteiger partial charge in [-0.2, -0.15) is 0 Å². The molecule has 0 saturated carbocycles. The molecule has 0 unspecified atom stereocenters. The number of rotatable bonds is 4. The van der Waals surface area contributed by atoms with Crippen LogP contribution in [0, 0.1) is 5.41 Å². The number of hydrogen-bond acceptors (Lipinski definition) is 1. The Morgan fingerprint density at radius 3 is 2.43 bits per heavy atom. The fourth-order valence-corrected chi connectivity index (χ4v) is 1.57. The second kappa shape index (κ2) is 4.43. The Bertz CT molecular complexity index is 287. The van der Waals surface area contributed by atoms with Gasteiger partial charge in [0.15, 0.2) is 0 Å². The van der Waals surface area contributed by atoms with Gasteiger partial charge in [-0.25, -0.2) is 0 Å². The van der Waals surface area contributed by atoms with E-state index in [2.05, 4.69) is 6.58 Å². The minimum atomic E-state index is -0.429. The summed E-state index contributed by atoms with van der Waals surface area (Å²) in [6, 6.07) is 9.76. The number of hydrogen-bond donors (Lipinski definition) is 1. The van der Waals surface area contributed by atoms with Crippen LogP contribution in [0.2, 0.25) is 0 Å². The highest BCUT2D eigenvalue weighted by molar-refractivity contribution is 5.19. The Labute approximate surface area is 86.1 Å². The van der Waals surface area contributed by atoms with Crippen LogP contribution in [0.3, 0.4) is 0 Å². The summed E-state index contributed by atoms with van der Waals surface area (Å²) in [5, 5.41) is 10.1. The van der Waals surface area contributed by atoms with E-state index >= 15 is 0 Å². The number of benzene rings is 1. The molecule has 76 valence electrons. The van der Waals surface area contributed by atoms with Crippen LogP contribution in [0.4, 0.5) is 0 Å². The van der Waals surface area contributed by atoms with Gasteiger partial charge in [0.05, 0.1) is 6.10 Å². The van der Waals surface area contributed by atoms with Crippen molar-refractivity contribution in [2.75, 3.05) is 0 Å². The summed E-state index contributed by atoms with van der Waals surface area (Å²) >= 11 is 0. The highest BCUT2D eigenvalue weighted by Crippen LogP contribution is 2.36. The molecule has 0 fully saturated rings. The molecule has 1 heteroatoms. The van der Waals surface area contributed by atoms with E-state index in [4.69, 9.17) is 0 Å². The fourth-order valence-electron chi connectivity index (χ4n) is 1.57. The topological polar surface area (TPSA) is 20.2 Å². The maximum atomic E-state index is 10.1. The van der Waals surface area contributed by atoms with Crippen molar-refractivity contribution in [3.63, 3.8) is 0 Å². The van der Waals surface area contributed by atoms with Gasteiger partial charge in [-0.3, -0.25) is 0 Å². The second-order valence-corrected chi connectivity index (χ2v) is 4.29. The highest BCUT2D eigenvalue weighted by Gasteiger charge is 2.27. The van der Waals surface area contributed by atoms with Gasteiger partial charge in [0.1, 0.15) is 0 Å². The highest BCUT2D eigenvalue weighted by atomic mass is 16.3. The molecule has 0 aliphatic carbocycles. The lowest BCUT2D eigenvalue weighted by Crippen LogP contribution is -2.21. The lowest BCUT2D eigenvalue weighted by molar-refractivity contribution is 0.0514. The monoisotopic (exact) mass is 190 g/mol. The van der Waals surface area contributed by atoms with Crippen molar-refractivity contribution in [2.45, 2.75) is 26.4 Å². The van der Waals surface area contributed by atoms with Crippen LogP contribution in [0.15, 0.2) is 43.0 Å². The van der Waals surface area contributed by atoms with Crippen LogP contribution in [0.25, 0.3) is 0 Å². The minimum Gasteiger partial charge on any atom is -0.388 e. The Balaban J connectivity index is 2.84. The third kappa shape index (κ3) is 2.46. The lowest BCUT2D eigenvalue weighted by Gasteiger charge is -2.29. The first-order valence-electron chi connectivity index (χ1n) is 4.92. The Hall–Kier alpha value is -1.08. The molecule has 0 aromatic heterocycles. The van der Waals surface area contributed by atoms with E-state index in [-0.39, 0.29) is 5.41 Å². The molecule has 0 spiro atoms. The molecule has 1 aromatic rings. The van der Waals surface area contributed by atoms with E-state index in [1.54, 1.807) is 0 Å². The van der Waals surface area contributed by atoms with Gasteiger partial charge < -0.3 is 5.11 Å². The normalized spacial score (nSPS) is 13.6. The molecule has 1 aromatic carbocycles. The first kappa shape index (κ1) is 11.0. The van der Waals surface area contributed by atoms with Gasteiger partial charge in [0.2, 0.25) is 0 Å². The van der Waals surface area contributed by atoms with Crippen LogP contribution in [0.5, 0.6) is 0 Å². The number of aliphatic hydroxyl groups is 1. The minimum absolute atomic E-state index is 0.150. The zero-order valence-electron chi connectivity index (χ0n) is 8.90. The first-order valence-corrected chi connectivity index (χ1v) is 4.92. The largest absolute Gasteiger partial charge is 0.388 e. The van der Waals surface area contributed by atoms with Gasteiger partial charge in [0.25, 0.3) is 0 Å². The van der Waals surface area contributed by atoms with E-state index in [1.807, 2.05) is 50.3 Å². The molecule has 1 N–H and O–H groups in total. The molecule has 1 nitrogen and oxygen atoms in total. The standard InChI is InChI=1S/C13H18O/c1-4-10-13(2,3)12(14)11-8-6-5-7-9-11/h4-9,12,14H,1,10H2,2-3H3/t12-/m0/s1. The molecule has 0 aliphatic rings. The van der Waals surface area contributed by atoms with E-state index in [0.29, 0.717) is 0 Å². The Kier molecular flexibility index (Phi) is 3.48. The third-order valence-electron chi connectivity index (χ3n) is 2.53. The molecule has 14 heavy (non-hydrogen) atoms. The quantitative estimate of drug-likeness (QED) is 0.722. The van der Waals surface area contributed by atoms with Crippen molar-refractivity contribution < 1.29 is 5.11 Å². The summed E-state index contributed by atoms with van der Waals surface area (Å²) in [5.41, 5.74) is 0.822. The van der Waals surface area contributed by atoms with Crippen LogP contribution in [-0.2, 0) is 0 Å². The first-order chi connectivity index (χ1) is 6.58. The Morgan fingerprint density at radius 1 is 1.36 bits per heavy atom. The molecule has 0 aliphatic heterocycles. The molecule has 0 bridgehead atoms. The van der Waals surface area contributed by atoms with Crippen LogP contribution < -0.4 is 0 Å². The Morgan fingerprint density at radius 2 is 1.93 bits per heavy atom. The summed E-state index contributed by atoms with van der Waals surface area (Å²) in [7, 11) is 0.